The first kappa shape index (κ1) is 14.5. The molecule has 1 atom stereocenters. The van der Waals surface area contributed by atoms with Gasteiger partial charge in [-0.25, -0.2) is 0 Å². The lowest BCUT2D eigenvalue weighted by Crippen LogP contribution is -2.50. The second-order valence-corrected chi connectivity index (χ2v) is 5.99. The topological polar surface area (TPSA) is 41.1 Å². The van der Waals surface area contributed by atoms with Crippen molar-refractivity contribution >= 4 is 27.5 Å². The average Bonchev–Trinajstić information content (AvgIpc) is 2.90. The number of amides is 1. The van der Waals surface area contributed by atoms with Crippen LogP contribution in [0.5, 0.6) is 0 Å². The zero-order valence-corrected chi connectivity index (χ0v) is 13.1. The lowest BCUT2D eigenvalue weighted by Gasteiger charge is -2.27. The fraction of sp³-hybridized carbons (Fsp3) is 0.533. The quantitative estimate of drug-likeness (QED) is 0.890. The number of anilines is 1. The van der Waals surface area contributed by atoms with Crippen LogP contribution in [0.4, 0.5) is 5.69 Å². The summed E-state index contributed by atoms with van der Waals surface area (Å²) in [6.45, 7) is 5.10. The van der Waals surface area contributed by atoms with Crippen LogP contribution >= 0.6 is 15.9 Å². The molecule has 1 amide bonds. The summed E-state index contributed by atoms with van der Waals surface area (Å²) in [5.74, 6) is 0.101. The Labute approximate surface area is 123 Å². The van der Waals surface area contributed by atoms with E-state index in [0.29, 0.717) is 0 Å². The normalized spacial score (nSPS) is 22.5. The number of hydrogen-bond acceptors (Lipinski definition) is 2. The molecule has 0 spiro atoms. The molecule has 0 radical (unpaired) electrons. The molecule has 0 saturated carbocycles. The largest absolute Gasteiger partial charge is 0.324 e. The van der Waals surface area contributed by atoms with Crippen LogP contribution in [0.25, 0.3) is 0 Å². The molecule has 104 valence electrons. The van der Waals surface area contributed by atoms with E-state index in [-0.39, 0.29) is 11.4 Å². The molecule has 1 aromatic carbocycles. The summed E-state index contributed by atoms with van der Waals surface area (Å²) >= 11 is 3.47. The standard InChI is InChI=1S/C15H21BrN2O/c1-3-11-10-12(16)6-7-13(11)18-14(19)15(4-2)8-5-9-17-15/h6-7,10,17H,3-5,8-9H2,1-2H3,(H,18,19). The molecule has 4 heteroatoms. The van der Waals surface area contributed by atoms with E-state index >= 15 is 0 Å². The van der Waals surface area contributed by atoms with Gasteiger partial charge in [-0.2, -0.15) is 0 Å². The lowest BCUT2D eigenvalue weighted by atomic mass is 9.93. The van der Waals surface area contributed by atoms with Crippen LogP contribution < -0.4 is 10.6 Å². The monoisotopic (exact) mass is 324 g/mol. The zero-order chi connectivity index (χ0) is 13.9. The van der Waals surface area contributed by atoms with E-state index in [2.05, 4.69) is 46.5 Å². The third-order valence-corrected chi connectivity index (χ3v) is 4.47. The van der Waals surface area contributed by atoms with Gasteiger partial charge in [0.2, 0.25) is 5.91 Å². The van der Waals surface area contributed by atoms with Gasteiger partial charge in [-0.15, -0.1) is 0 Å². The molecule has 1 aliphatic rings. The van der Waals surface area contributed by atoms with Crippen LogP contribution in [0, 0.1) is 0 Å². The highest BCUT2D eigenvalue weighted by molar-refractivity contribution is 9.10. The van der Waals surface area contributed by atoms with Crippen molar-refractivity contribution in [2.24, 2.45) is 0 Å². The van der Waals surface area contributed by atoms with Crippen LogP contribution in [-0.4, -0.2) is 18.0 Å². The van der Waals surface area contributed by atoms with Crippen molar-refractivity contribution in [3.05, 3.63) is 28.2 Å². The SMILES string of the molecule is CCc1cc(Br)ccc1NC(=O)C1(CC)CCCN1. The van der Waals surface area contributed by atoms with Gasteiger partial charge < -0.3 is 10.6 Å². The fourth-order valence-electron chi connectivity index (χ4n) is 2.68. The van der Waals surface area contributed by atoms with Crippen molar-refractivity contribution in [2.45, 2.75) is 45.1 Å². The molecule has 2 N–H and O–H groups in total. The molecule has 1 fully saturated rings. The van der Waals surface area contributed by atoms with Gasteiger partial charge in [-0.05, 0) is 56.0 Å². The minimum Gasteiger partial charge on any atom is -0.324 e. The van der Waals surface area contributed by atoms with Crippen LogP contribution in [0.3, 0.4) is 0 Å². The van der Waals surface area contributed by atoms with Crippen molar-refractivity contribution in [3.63, 3.8) is 0 Å². The molecule has 0 aromatic heterocycles. The molecule has 19 heavy (non-hydrogen) atoms. The van der Waals surface area contributed by atoms with Gasteiger partial charge in [0.15, 0.2) is 0 Å². The Morgan fingerprint density at radius 2 is 2.26 bits per heavy atom. The Bertz CT molecular complexity index is 467. The van der Waals surface area contributed by atoms with E-state index in [1.54, 1.807) is 0 Å². The molecule has 2 rings (SSSR count). The number of carbonyl (C=O) groups is 1. The van der Waals surface area contributed by atoms with Crippen molar-refractivity contribution in [1.82, 2.24) is 5.32 Å². The van der Waals surface area contributed by atoms with E-state index in [0.717, 1.165) is 48.0 Å². The molecule has 3 nitrogen and oxygen atoms in total. The fourth-order valence-corrected chi connectivity index (χ4v) is 3.09. The maximum absolute atomic E-state index is 12.5. The zero-order valence-electron chi connectivity index (χ0n) is 11.6. The lowest BCUT2D eigenvalue weighted by molar-refractivity contribution is -0.122. The van der Waals surface area contributed by atoms with E-state index in [4.69, 9.17) is 0 Å². The second-order valence-electron chi connectivity index (χ2n) is 5.08. The predicted octanol–water partition coefficient (Wildman–Crippen LogP) is 3.48. The number of nitrogens with one attached hydrogen (secondary N) is 2. The summed E-state index contributed by atoms with van der Waals surface area (Å²) in [5.41, 5.74) is 1.71. The molecule has 0 bridgehead atoms. The maximum atomic E-state index is 12.5. The van der Waals surface area contributed by atoms with Gasteiger partial charge in [0.25, 0.3) is 0 Å². The molecule has 1 heterocycles. The van der Waals surface area contributed by atoms with E-state index in [1.807, 2.05) is 12.1 Å². The van der Waals surface area contributed by atoms with Crippen molar-refractivity contribution in [2.75, 3.05) is 11.9 Å². The summed E-state index contributed by atoms with van der Waals surface area (Å²) < 4.78 is 1.05. The first-order valence-corrected chi connectivity index (χ1v) is 7.75. The first-order valence-electron chi connectivity index (χ1n) is 6.96. The molecule has 1 saturated heterocycles. The molecule has 1 unspecified atom stereocenters. The second kappa shape index (κ2) is 6.06. The Kier molecular flexibility index (Phi) is 4.63. The van der Waals surface area contributed by atoms with E-state index in [9.17, 15) is 4.79 Å². The van der Waals surface area contributed by atoms with Crippen molar-refractivity contribution in [1.29, 1.82) is 0 Å². The van der Waals surface area contributed by atoms with Crippen molar-refractivity contribution < 1.29 is 4.79 Å². The summed E-state index contributed by atoms with van der Waals surface area (Å²) in [5, 5.41) is 6.47. The predicted molar refractivity (Wildman–Crippen MR) is 82.4 cm³/mol. The molecule has 1 aliphatic heterocycles. The van der Waals surface area contributed by atoms with Crippen molar-refractivity contribution in [3.8, 4) is 0 Å². The van der Waals surface area contributed by atoms with Gasteiger partial charge in [0.05, 0.1) is 5.54 Å². The Morgan fingerprint density at radius 1 is 1.47 bits per heavy atom. The smallest absolute Gasteiger partial charge is 0.244 e. The summed E-state index contributed by atoms with van der Waals surface area (Å²) in [4.78, 5) is 12.5. The van der Waals surface area contributed by atoms with Gasteiger partial charge in [0, 0.05) is 10.2 Å². The molecule has 0 aliphatic carbocycles. The minimum atomic E-state index is -0.377. The third kappa shape index (κ3) is 3.00. The number of carbonyl (C=O) groups excluding carboxylic acids is 1. The number of benzene rings is 1. The Morgan fingerprint density at radius 3 is 2.84 bits per heavy atom. The van der Waals surface area contributed by atoms with Crippen LogP contribution in [0.1, 0.15) is 38.7 Å². The summed E-state index contributed by atoms with van der Waals surface area (Å²) in [6.07, 6.45) is 3.73. The molecular weight excluding hydrogens is 304 g/mol. The minimum absolute atomic E-state index is 0.101. The maximum Gasteiger partial charge on any atom is 0.244 e. The van der Waals surface area contributed by atoms with Gasteiger partial charge in [-0.3, -0.25) is 4.79 Å². The van der Waals surface area contributed by atoms with Crippen LogP contribution in [0.2, 0.25) is 0 Å². The average molecular weight is 325 g/mol. The van der Waals surface area contributed by atoms with Gasteiger partial charge >= 0.3 is 0 Å². The highest BCUT2D eigenvalue weighted by atomic mass is 79.9. The number of halogens is 1. The van der Waals surface area contributed by atoms with E-state index < -0.39 is 0 Å². The third-order valence-electron chi connectivity index (χ3n) is 3.98. The highest BCUT2D eigenvalue weighted by Crippen LogP contribution is 2.27. The van der Waals surface area contributed by atoms with Gasteiger partial charge in [0.1, 0.15) is 0 Å². The molecular formula is C15H21BrN2O. The van der Waals surface area contributed by atoms with Crippen LogP contribution in [-0.2, 0) is 11.2 Å². The van der Waals surface area contributed by atoms with Crippen LogP contribution in [0.15, 0.2) is 22.7 Å². The highest BCUT2D eigenvalue weighted by Gasteiger charge is 2.39. The van der Waals surface area contributed by atoms with Gasteiger partial charge in [-0.1, -0.05) is 29.8 Å². The Balaban J connectivity index is 2.19. The first-order chi connectivity index (χ1) is 9.11. The number of hydrogen-bond donors (Lipinski definition) is 2. The number of rotatable bonds is 4. The summed E-state index contributed by atoms with van der Waals surface area (Å²) in [6, 6.07) is 6.00. The van der Waals surface area contributed by atoms with E-state index in [1.165, 1.54) is 0 Å². The Hall–Kier alpha value is -0.870. The summed E-state index contributed by atoms with van der Waals surface area (Å²) in [7, 11) is 0. The number of aryl methyl sites for hydroxylation is 1. The molecule has 1 aromatic rings.